The number of carbonyl (C=O) groups is 1. The molecule has 1 aliphatic rings. The Morgan fingerprint density at radius 3 is 2.33 bits per heavy atom. The molecule has 0 aliphatic heterocycles. The summed E-state index contributed by atoms with van der Waals surface area (Å²) in [5, 5.41) is 9.22. The third kappa shape index (κ3) is 2.60. The van der Waals surface area contributed by atoms with Crippen LogP contribution in [0, 0.1) is 10.8 Å². The van der Waals surface area contributed by atoms with Gasteiger partial charge in [0.2, 0.25) is 0 Å². The Balaban J connectivity index is 2.33. The molecule has 0 unspecified atom stereocenters. The average molecular weight is 249 g/mol. The lowest BCUT2D eigenvalue weighted by molar-refractivity contribution is 0.0601. The van der Waals surface area contributed by atoms with Gasteiger partial charge in [0, 0.05) is 12.2 Å². The quantitative estimate of drug-likeness (QED) is 0.862. The van der Waals surface area contributed by atoms with Gasteiger partial charge in [-0.1, -0.05) is 27.7 Å². The zero-order valence-electron chi connectivity index (χ0n) is 11.7. The molecular formula is C15H23NO2. The Hall–Kier alpha value is -1.25. The van der Waals surface area contributed by atoms with Crippen LogP contribution in [0.15, 0.2) is 18.3 Å². The largest absolute Gasteiger partial charge is 0.477 e. The molecule has 1 fully saturated rings. The van der Waals surface area contributed by atoms with E-state index in [4.69, 9.17) is 0 Å². The molecule has 0 aromatic carbocycles. The lowest BCUT2D eigenvalue weighted by atomic mass is 9.63. The minimum atomic E-state index is -0.832. The predicted octanol–water partition coefficient (Wildman–Crippen LogP) is 3.96. The van der Waals surface area contributed by atoms with E-state index < -0.39 is 5.97 Å². The van der Waals surface area contributed by atoms with Gasteiger partial charge in [-0.3, -0.25) is 0 Å². The van der Waals surface area contributed by atoms with E-state index in [1.807, 2.05) is 16.8 Å². The molecular weight excluding hydrogens is 226 g/mol. The highest BCUT2D eigenvalue weighted by atomic mass is 16.4. The number of carboxylic acid groups (broad SMARTS) is 1. The van der Waals surface area contributed by atoms with Gasteiger partial charge in [0.15, 0.2) is 0 Å². The second-order valence-electron chi connectivity index (χ2n) is 7.17. The van der Waals surface area contributed by atoms with Crippen LogP contribution in [0.1, 0.15) is 63.5 Å². The molecule has 1 heterocycles. The normalized spacial score (nSPS) is 22.9. The molecule has 1 aromatic heterocycles. The monoisotopic (exact) mass is 249 g/mol. The van der Waals surface area contributed by atoms with Crippen molar-refractivity contribution in [2.45, 2.75) is 53.0 Å². The van der Waals surface area contributed by atoms with E-state index in [9.17, 15) is 9.90 Å². The highest BCUT2D eigenvalue weighted by molar-refractivity contribution is 5.85. The van der Waals surface area contributed by atoms with Crippen LogP contribution in [0.4, 0.5) is 0 Å². The third-order valence-electron chi connectivity index (χ3n) is 3.92. The maximum Gasteiger partial charge on any atom is 0.352 e. The first kappa shape index (κ1) is 13.2. The molecule has 0 bridgehead atoms. The summed E-state index contributed by atoms with van der Waals surface area (Å²) in [6, 6.07) is 3.82. The van der Waals surface area contributed by atoms with E-state index in [0.717, 1.165) is 12.8 Å². The predicted molar refractivity (Wildman–Crippen MR) is 71.8 cm³/mol. The molecule has 1 aliphatic carbocycles. The number of aromatic carboxylic acids is 1. The lowest BCUT2D eigenvalue weighted by Crippen LogP contribution is -2.35. The fourth-order valence-corrected chi connectivity index (χ4v) is 3.88. The first-order chi connectivity index (χ1) is 8.20. The minimum absolute atomic E-state index is 0.270. The van der Waals surface area contributed by atoms with Crippen LogP contribution >= 0.6 is 0 Å². The zero-order valence-corrected chi connectivity index (χ0v) is 11.7. The Morgan fingerprint density at radius 1 is 1.28 bits per heavy atom. The molecule has 1 aromatic rings. The Kier molecular flexibility index (Phi) is 3.04. The molecule has 0 radical (unpaired) electrons. The van der Waals surface area contributed by atoms with E-state index in [1.165, 1.54) is 6.42 Å². The number of rotatable bonds is 2. The number of hydrogen-bond acceptors (Lipinski definition) is 1. The molecule has 1 saturated carbocycles. The molecule has 3 heteroatoms. The molecule has 1 N–H and O–H groups in total. The van der Waals surface area contributed by atoms with Crippen molar-refractivity contribution in [2.24, 2.45) is 10.8 Å². The summed E-state index contributed by atoms with van der Waals surface area (Å²) in [6.45, 7) is 9.13. The standard InChI is InChI=1S/C15H23NO2/c1-14(2)8-11(9-15(3,4)10-14)16-7-5-6-12(16)13(17)18/h5-7,11H,8-10H2,1-4H3,(H,17,18). The van der Waals surface area contributed by atoms with Gasteiger partial charge in [-0.2, -0.15) is 0 Å². The summed E-state index contributed by atoms with van der Waals surface area (Å²) in [6.07, 6.45) is 5.20. The molecule has 0 atom stereocenters. The smallest absolute Gasteiger partial charge is 0.352 e. The van der Waals surface area contributed by atoms with E-state index in [2.05, 4.69) is 27.7 Å². The van der Waals surface area contributed by atoms with Crippen LogP contribution in [0.5, 0.6) is 0 Å². The van der Waals surface area contributed by atoms with Gasteiger partial charge in [-0.05, 0) is 42.2 Å². The number of aromatic nitrogens is 1. The van der Waals surface area contributed by atoms with E-state index in [0.29, 0.717) is 11.7 Å². The summed E-state index contributed by atoms with van der Waals surface area (Å²) >= 11 is 0. The van der Waals surface area contributed by atoms with E-state index in [-0.39, 0.29) is 10.8 Å². The fraction of sp³-hybridized carbons (Fsp3) is 0.667. The second-order valence-corrected chi connectivity index (χ2v) is 7.17. The van der Waals surface area contributed by atoms with Crippen LogP contribution in [0.3, 0.4) is 0 Å². The van der Waals surface area contributed by atoms with Crippen molar-refractivity contribution in [2.75, 3.05) is 0 Å². The summed E-state index contributed by atoms with van der Waals surface area (Å²) in [4.78, 5) is 11.2. The number of hydrogen-bond donors (Lipinski definition) is 1. The van der Waals surface area contributed by atoms with Crippen molar-refractivity contribution in [3.63, 3.8) is 0 Å². The minimum Gasteiger partial charge on any atom is -0.477 e. The number of nitrogens with zero attached hydrogens (tertiary/aromatic N) is 1. The van der Waals surface area contributed by atoms with Crippen LogP contribution < -0.4 is 0 Å². The van der Waals surface area contributed by atoms with E-state index in [1.54, 1.807) is 6.07 Å². The molecule has 100 valence electrons. The van der Waals surface area contributed by atoms with Crippen molar-refractivity contribution >= 4 is 5.97 Å². The van der Waals surface area contributed by atoms with E-state index >= 15 is 0 Å². The summed E-state index contributed by atoms with van der Waals surface area (Å²) in [7, 11) is 0. The molecule has 0 spiro atoms. The molecule has 3 nitrogen and oxygen atoms in total. The van der Waals surface area contributed by atoms with Crippen molar-refractivity contribution in [3.05, 3.63) is 24.0 Å². The van der Waals surface area contributed by atoms with Gasteiger partial charge < -0.3 is 9.67 Å². The highest BCUT2D eigenvalue weighted by Gasteiger charge is 2.39. The second kappa shape index (κ2) is 4.15. The van der Waals surface area contributed by atoms with Crippen LogP contribution in [0.2, 0.25) is 0 Å². The van der Waals surface area contributed by atoms with Crippen molar-refractivity contribution in [1.82, 2.24) is 4.57 Å². The van der Waals surface area contributed by atoms with Gasteiger partial charge in [-0.15, -0.1) is 0 Å². The molecule has 18 heavy (non-hydrogen) atoms. The lowest BCUT2D eigenvalue weighted by Gasteiger charge is -2.45. The van der Waals surface area contributed by atoms with Crippen LogP contribution in [0.25, 0.3) is 0 Å². The first-order valence-corrected chi connectivity index (χ1v) is 6.60. The highest BCUT2D eigenvalue weighted by Crippen LogP contribution is 2.50. The Labute approximate surface area is 109 Å². The van der Waals surface area contributed by atoms with Crippen molar-refractivity contribution < 1.29 is 9.90 Å². The van der Waals surface area contributed by atoms with Crippen LogP contribution in [-0.2, 0) is 0 Å². The Bertz CT molecular complexity index is 441. The SMILES string of the molecule is CC1(C)CC(n2cccc2C(=O)O)CC(C)(C)C1. The van der Waals surface area contributed by atoms with Gasteiger partial charge in [0.25, 0.3) is 0 Å². The maximum absolute atomic E-state index is 11.2. The number of carboxylic acids is 1. The molecule has 0 saturated heterocycles. The van der Waals surface area contributed by atoms with Crippen molar-refractivity contribution in [1.29, 1.82) is 0 Å². The average Bonchev–Trinajstić information content (AvgIpc) is 2.59. The zero-order chi connectivity index (χ0) is 13.6. The van der Waals surface area contributed by atoms with Gasteiger partial charge >= 0.3 is 5.97 Å². The Morgan fingerprint density at radius 2 is 1.83 bits per heavy atom. The van der Waals surface area contributed by atoms with Gasteiger partial charge in [0.05, 0.1) is 0 Å². The maximum atomic E-state index is 11.2. The van der Waals surface area contributed by atoms with Gasteiger partial charge in [-0.25, -0.2) is 4.79 Å². The summed E-state index contributed by atoms with van der Waals surface area (Å²) in [5.41, 5.74) is 0.951. The third-order valence-corrected chi connectivity index (χ3v) is 3.92. The summed E-state index contributed by atoms with van der Waals surface area (Å²) in [5.74, 6) is -0.832. The van der Waals surface area contributed by atoms with Crippen LogP contribution in [-0.4, -0.2) is 15.6 Å². The van der Waals surface area contributed by atoms with Crippen molar-refractivity contribution in [3.8, 4) is 0 Å². The fourth-order valence-electron chi connectivity index (χ4n) is 3.88. The summed E-state index contributed by atoms with van der Waals surface area (Å²) < 4.78 is 1.95. The molecule has 2 rings (SSSR count). The first-order valence-electron chi connectivity index (χ1n) is 6.60. The topological polar surface area (TPSA) is 42.2 Å². The molecule has 0 amide bonds. The van der Waals surface area contributed by atoms with Gasteiger partial charge in [0.1, 0.15) is 5.69 Å².